The number of benzene rings is 3. The van der Waals surface area contributed by atoms with Gasteiger partial charge < -0.3 is 10.1 Å². The van der Waals surface area contributed by atoms with Crippen LogP contribution in [0.15, 0.2) is 66.2 Å². The van der Waals surface area contributed by atoms with Gasteiger partial charge in [0, 0.05) is 17.8 Å². The molecule has 13 heteroatoms. The molecule has 0 atom stereocenters. The van der Waals surface area contributed by atoms with E-state index in [2.05, 4.69) is 5.32 Å². The van der Waals surface area contributed by atoms with E-state index >= 15 is 0 Å². The smallest absolute Gasteiger partial charge is 0.335 e. The summed E-state index contributed by atoms with van der Waals surface area (Å²) in [6.07, 6.45) is 1.15. The number of aryl methyl sites for hydroxylation is 1. The Bertz CT molecular complexity index is 1530. The summed E-state index contributed by atoms with van der Waals surface area (Å²) in [5.41, 5.74) is 0.939. The number of nitrogens with zero attached hydrogens (tertiary/aromatic N) is 2. The van der Waals surface area contributed by atoms with Gasteiger partial charge in [-0.3, -0.25) is 29.8 Å². The highest BCUT2D eigenvalue weighted by molar-refractivity contribution is 6.40. The van der Waals surface area contributed by atoms with Crippen LogP contribution in [0.1, 0.15) is 11.1 Å². The number of carbonyl (C=O) groups is 4. The van der Waals surface area contributed by atoms with E-state index in [0.29, 0.717) is 10.6 Å². The molecule has 5 amide bonds. The van der Waals surface area contributed by atoms with Crippen molar-refractivity contribution in [2.24, 2.45) is 0 Å². The minimum atomic E-state index is -1.06. The monoisotopic (exact) mass is 568 g/mol. The molecule has 198 valence electrons. The third-order valence-electron chi connectivity index (χ3n) is 5.41. The molecule has 39 heavy (non-hydrogen) atoms. The number of hydrogen-bond acceptors (Lipinski definition) is 7. The Balaban J connectivity index is 1.53. The Kier molecular flexibility index (Phi) is 7.93. The molecule has 1 heterocycles. The molecule has 1 aliphatic rings. The third kappa shape index (κ3) is 6.22. The molecule has 4 rings (SSSR count). The molecule has 0 radical (unpaired) electrons. The van der Waals surface area contributed by atoms with Crippen molar-refractivity contribution in [2.45, 2.75) is 6.92 Å². The molecule has 3 aromatic rings. The lowest BCUT2D eigenvalue weighted by Crippen LogP contribution is -2.54. The summed E-state index contributed by atoms with van der Waals surface area (Å²) in [6.45, 7) is 1.52. The van der Waals surface area contributed by atoms with Crippen LogP contribution in [0.5, 0.6) is 5.75 Å². The normalized spacial score (nSPS) is 14.3. The highest BCUT2D eigenvalue weighted by atomic mass is 35.5. The van der Waals surface area contributed by atoms with Gasteiger partial charge in [0.1, 0.15) is 5.57 Å². The summed E-state index contributed by atoms with van der Waals surface area (Å²) in [4.78, 5) is 61.2. The van der Waals surface area contributed by atoms with Crippen molar-refractivity contribution in [3.63, 3.8) is 0 Å². The zero-order chi connectivity index (χ0) is 28.3. The Morgan fingerprint density at radius 1 is 1.08 bits per heavy atom. The second kappa shape index (κ2) is 11.3. The van der Waals surface area contributed by atoms with Gasteiger partial charge >= 0.3 is 6.03 Å². The van der Waals surface area contributed by atoms with Crippen LogP contribution in [0, 0.1) is 17.0 Å². The molecule has 0 saturated carbocycles. The Hall–Kier alpha value is -4.74. The number of barbiturate groups is 1. The van der Waals surface area contributed by atoms with Crippen LogP contribution in [0.3, 0.4) is 0 Å². The maximum absolute atomic E-state index is 13.1. The number of non-ortho nitro benzene ring substituents is 1. The van der Waals surface area contributed by atoms with Gasteiger partial charge in [-0.25, -0.2) is 9.69 Å². The number of rotatable bonds is 7. The summed E-state index contributed by atoms with van der Waals surface area (Å²) < 4.78 is 5.48. The molecule has 0 unspecified atom stereocenters. The van der Waals surface area contributed by atoms with Crippen LogP contribution in [0.2, 0.25) is 10.0 Å². The standard InChI is InChI=1S/C26H18Cl2N4O7/c1-14-5-7-16(8-6-14)29-22(33)13-39-23-20(27)10-15(11-21(23)28)9-19-24(34)30-26(36)31(25(19)35)17-3-2-4-18(12-17)32(37)38/h2-12H,13H2,1H3,(H,29,33)(H,30,34,36)/b19-9+. The number of imide groups is 2. The maximum atomic E-state index is 13.1. The first kappa shape index (κ1) is 27.3. The highest BCUT2D eigenvalue weighted by Crippen LogP contribution is 2.35. The fourth-order valence-electron chi connectivity index (χ4n) is 3.58. The van der Waals surface area contributed by atoms with E-state index in [4.69, 9.17) is 27.9 Å². The summed E-state index contributed by atoms with van der Waals surface area (Å²) in [7, 11) is 0. The summed E-state index contributed by atoms with van der Waals surface area (Å²) in [5.74, 6) is -2.43. The highest BCUT2D eigenvalue weighted by Gasteiger charge is 2.37. The van der Waals surface area contributed by atoms with Gasteiger partial charge in [-0.1, -0.05) is 47.0 Å². The van der Waals surface area contributed by atoms with Gasteiger partial charge in [0.15, 0.2) is 12.4 Å². The van der Waals surface area contributed by atoms with E-state index in [1.807, 2.05) is 24.4 Å². The lowest BCUT2D eigenvalue weighted by atomic mass is 10.1. The largest absolute Gasteiger partial charge is 0.481 e. The number of amides is 5. The molecule has 0 spiro atoms. The van der Waals surface area contributed by atoms with Gasteiger partial charge in [-0.15, -0.1) is 0 Å². The number of nitrogens with one attached hydrogen (secondary N) is 2. The van der Waals surface area contributed by atoms with Gasteiger partial charge in [-0.05, 0) is 48.9 Å². The van der Waals surface area contributed by atoms with Crippen LogP contribution >= 0.6 is 23.2 Å². The lowest BCUT2D eigenvalue weighted by molar-refractivity contribution is -0.384. The molecule has 1 saturated heterocycles. The zero-order valence-electron chi connectivity index (χ0n) is 20.1. The molecule has 0 bridgehead atoms. The van der Waals surface area contributed by atoms with E-state index in [1.54, 1.807) is 12.1 Å². The first-order chi connectivity index (χ1) is 18.5. The zero-order valence-corrected chi connectivity index (χ0v) is 21.6. The Morgan fingerprint density at radius 3 is 2.38 bits per heavy atom. The van der Waals surface area contributed by atoms with Crippen LogP contribution in [-0.2, 0) is 14.4 Å². The topological polar surface area (TPSA) is 148 Å². The first-order valence-electron chi connectivity index (χ1n) is 11.2. The van der Waals surface area contributed by atoms with Crippen molar-refractivity contribution in [3.8, 4) is 5.75 Å². The first-order valence-corrected chi connectivity index (χ1v) is 11.9. The molecule has 11 nitrogen and oxygen atoms in total. The molecular weight excluding hydrogens is 551 g/mol. The van der Waals surface area contributed by atoms with Gasteiger partial charge in [-0.2, -0.15) is 0 Å². The number of nitro benzene ring substituents is 1. The van der Waals surface area contributed by atoms with Crippen molar-refractivity contribution >= 4 is 70.1 Å². The fourth-order valence-corrected chi connectivity index (χ4v) is 4.19. The number of nitro groups is 1. The van der Waals surface area contributed by atoms with Crippen LogP contribution in [0.25, 0.3) is 6.08 Å². The number of ether oxygens (including phenoxy) is 1. The molecule has 1 aliphatic heterocycles. The minimum absolute atomic E-state index is 0.00670. The Labute approximate surface area is 231 Å². The molecule has 0 aliphatic carbocycles. The minimum Gasteiger partial charge on any atom is -0.481 e. The SMILES string of the molecule is Cc1ccc(NC(=O)COc2c(Cl)cc(/C=C3\C(=O)NC(=O)N(c4cccc([N+](=O)[O-])c4)C3=O)cc2Cl)cc1. The Morgan fingerprint density at radius 2 is 1.74 bits per heavy atom. The number of carbonyl (C=O) groups excluding carboxylic acids is 4. The lowest BCUT2D eigenvalue weighted by Gasteiger charge is -2.26. The van der Waals surface area contributed by atoms with E-state index in [0.717, 1.165) is 17.7 Å². The van der Waals surface area contributed by atoms with Crippen LogP contribution in [-0.4, -0.2) is 35.3 Å². The van der Waals surface area contributed by atoms with E-state index in [-0.39, 0.29) is 32.7 Å². The van der Waals surface area contributed by atoms with Gasteiger partial charge in [0.2, 0.25) is 0 Å². The predicted octanol–water partition coefficient (Wildman–Crippen LogP) is 4.89. The average molecular weight is 569 g/mol. The second-order valence-electron chi connectivity index (χ2n) is 8.25. The van der Waals surface area contributed by atoms with Crippen molar-refractivity contribution in [2.75, 3.05) is 16.8 Å². The number of hydrogen-bond donors (Lipinski definition) is 2. The van der Waals surface area contributed by atoms with Crippen molar-refractivity contribution in [1.82, 2.24) is 5.32 Å². The number of halogens is 2. The van der Waals surface area contributed by atoms with Gasteiger partial charge in [0.25, 0.3) is 23.4 Å². The van der Waals surface area contributed by atoms with Crippen molar-refractivity contribution < 1.29 is 28.8 Å². The number of anilines is 2. The van der Waals surface area contributed by atoms with Gasteiger partial charge in [0.05, 0.1) is 20.7 Å². The molecule has 2 N–H and O–H groups in total. The molecule has 0 aromatic heterocycles. The molecular formula is C26H18Cl2N4O7. The molecule has 1 fully saturated rings. The molecule has 3 aromatic carbocycles. The quantitative estimate of drug-likeness (QED) is 0.178. The third-order valence-corrected chi connectivity index (χ3v) is 5.98. The summed E-state index contributed by atoms with van der Waals surface area (Å²) in [5, 5.41) is 15.8. The second-order valence-corrected chi connectivity index (χ2v) is 9.07. The summed E-state index contributed by atoms with van der Waals surface area (Å²) in [6, 6.07) is 13.6. The van der Waals surface area contributed by atoms with Crippen molar-refractivity contribution in [3.05, 3.63) is 97.5 Å². The van der Waals surface area contributed by atoms with E-state index < -0.39 is 40.9 Å². The maximum Gasteiger partial charge on any atom is 0.335 e. The van der Waals surface area contributed by atoms with Crippen molar-refractivity contribution in [1.29, 1.82) is 0 Å². The average Bonchev–Trinajstić information content (AvgIpc) is 2.87. The predicted molar refractivity (Wildman–Crippen MR) is 144 cm³/mol. The van der Waals surface area contributed by atoms with E-state index in [9.17, 15) is 29.3 Å². The van der Waals surface area contributed by atoms with E-state index in [1.165, 1.54) is 30.3 Å². The summed E-state index contributed by atoms with van der Waals surface area (Å²) >= 11 is 12.6. The number of urea groups is 1. The van der Waals surface area contributed by atoms with Crippen LogP contribution in [0.4, 0.5) is 21.9 Å². The fraction of sp³-hybridized carbons (Fsp3) is 0.0769. The van der Waals surface area contributed by atoms with Crippen LogP contribution < -0.4 is 20.3 Å².